The van der Waals surface area contributed by atoms with Gasteiger partial charge in [0.15, 0.2) is 17.1 Å². The first-order valence-electron chi connectivity index (χ1n) is 14.4. The molecule has 2 heterocycles. The van der Waals surface area contributed by atoms with Crippen LogP contribution in [0.1, 0.15) is 55.8 Å². The van der Waals surface area contributed by atoms with Crippen LogP contribution in [0.25, 0.3) is 17.1 Å². The van der Waals surface area contributed by atoms with Gasteiger partial charge in [0.1, 0.15) is 32.7 Å². The fraction of sp³-hybridized carbons (Fsp3) is 0.467. The lowest BCUT2D eigenvalue weighted by Crippen LogP contribution is -2.67. The molecule has 14 heteroatoms. The molecule has 44 heavy (non-hydrogen) atoms. The molecule has 2 fully saturated rings. The normalized spacial score (nSPS) is 28.6. The summed E-state index contributed by atoms with van der Waals surface area (Å²) in [6, 6.07) is 2.82. The van der Waals surface area contributed by atoms with E-state index in [2.05, 4.69) is 10.5 Å². The Balaban J connectivity index is 1.47. The highest BCUT2D eigenvalue weighted by molar-refractivity contribution is 7.91. The van der Waals surface area contributed by atoms with Gasteiger partial charge in [0, 0.05) is 29.2 Å². The second-order valence-corrected chi connectivity index (χ2v) is 14.7. The van der Waals surface area contributed by atoms with E-state index in [0.717, 1.165) is 0 Å². The zero-order chi connectivity index (χ0) is 31.9. The zero-order valence-corrected chi connectivity index (χ0v) is 24.8. The molecule has 1 saturated heterocycles. The van der Waals surface area contributed by atoms with Crippen molar-refractivity contribution in [3.05, 3.63) is 51.9 Å². The smallest absolute Gasteiger partial charge is 0.255 e. The minimum absolute atomic E-state index is 0.0461. The number of sulfone groups is 1. The largest absolute Gasteiger partial charge is 0.508 e. The highest BCUT2D eigenvalue weighted by atomic mass is 32.2. The number of primary amides is 1. The van der Waals surface area contributed by atoms with Crippen molar-refractivity contribution in [1.82, 2.24) is 10.5 Å². The predicted molar refractivity (Wildman–Crippen MR) is 155 cm³/mol. The van der Waals surface area contributed by atoms with Crippen LogP contribution >= 0.6 is 0 Å². The maximum Gasteiger partial charge on any atom is 0.255 e. The molecule has 0 radical (unpaired) electrons. The number of fused-ring (bicyclic) bond motifs is 3. The molecule has 0 unspecified atom stereocenters. The Bertz CT molecular complexity index is 1780. The highest BCUT2D eigenvalue weighted by Gasteiger charge is 2.64. The number of aliphatic hydroxyl groups excluding tert-OH is 2. The summed E-state index contributed by atoms with van der Waals surface area (Å²) in [6.07, 6.45) is 0.306. The van der Waals surface area contributed by atoms with Crippen LogP contribution < -0.4 is 11.1 Å². The molecule has 13 nitrogen and oxygen atoms in total. The number of nitrogens with two attached hydrogens (primary N) is 1. The van der Waals surface area contributed by atoms with Crippen LogP contribution in [0.15, 0.2) is 39.6 Å². The van der Waals surface area contributed by atoms with E-state index in [1.807, 2.05) is 13.8 Å². The van der Waals surface area contributed by atoms with Crippen molar-refractivity contribution >= 4 is 33.1 Å². The Labute approximate surface area is 252 Å². The number of aromatic nitrogens is 1. The van der Waals surface area contributed by atoms with Gasteiger partial charge in [-0.05, 0) is 55.2 Å². The summed E-state index contributed by atoms with van der Waals surface area (Å²) >= 11 is 0. The van der Waals surface area contributed by atoms with Gasteiger partial charge in [-0.15, -0.1) is 0 Å². The molecular formula is C30H33N3O10S. The van der Waals surface area contributed by atoms with Crippen LogP contribution in [-0.2, 0) is 30.6 Å². The van der Waals surface area contributed by atoms with E-state index in [1.165, 1.54) is 6.07 Å². The third kappa shape index (κ3) is 4.46. The molecular weight excluding hydrogens is 594 g/mol. The lowest BCUT2D eigenvalue weighted by Gasteiger charge is -2.49. The number of ketones is 2. The first-order chi connectivity index (χ1) is 20.7. The van der Waals surface area contributed by atoms with E-state index in [0.29, 0.717) is 22.6 Å². The number of amides is 1. The lowest BCUT2D eigenvalue weighted by molar-refractivity contribution is -0.150. The fourth-order valence-corrected chi connectivity index (χ4v) is 8.59. The third-order valence-electron chi connectivity index (χ3n) is 9.44. The summed E-state index contributed by atoms with van der Waals surface area (Å²) in [4.78, 5) is 40.1. The van der Waals surface area contributed by atoms with Crippen LogP contribution in [0.2, 0.25) is 0 Å². The van der Waals surface area contributed by atoms with Gasteiger partial charge in [0.25, 0.3) is 5.91 Å². The number of carbonyl (C=O) groups excluding carboxylic acids is 3. The predicted octanol–water partition coefficient (Wildman–Crippen LogP) is 1.35. The maximum atomic E-state index is 14.1. The fourth-order valence-electron chi connectivity index (χ4n) is 7.10. The molecule has 7 N–H and O–H groups in total. The number of hydrogen-bond acceptors (Lipinski definition) is 12. The molecule has 4 atom stereocenters. The standard InChI is InChI=1S/C30H33N3O10S/c1-12(2)18-11-20(43-33-18)15-3-4-19(34)22-16(15)9-13-10-17-24(32-14-5-7-44(41,42)8-6-14)26(36)23(29(31)39)28(38)30(17,40)27(37)21(13)25(22)35/h3-4,11-14,17,24,32,34-35,38,40H,5-10H2,1-2H3,(H2,31,39)/t13-,17-,24+,30-/m0/s1. The molecule has 1 amide bonds. The topological polar surface area (TPSA) is 230 Å². The molecule has 1 saturated carbocycles. The number of aromatic hydroxyl groups is 1. The number of nitrogens with zero attached hydrogens (tertiary/aromatic N) is 1. The van der Waals surface area contributed by atoms with Crippen molar-refractivity contribution in [3.63, 3.8) is 0 Å². The lowest BCUT2D eigenvalue weighted by atomic mass is 9.57. The van der Waals surface area contributed by atoms with Crippen molar-refractivity contribution in [1.29, 1.82) is 0 Å². The van der Waals surface area contributed by atoms with E-state index in [1.54, 1.807) is 12.1 Å². The Morgan fingerprint density at radius 1 is 1.16 bits per heavy atom. The first kappa shape index (κ1) is 30.0. The van der Waals surface area contributed by atoms with Gasteiger partial charge in [0.05, 0.1) is 28.8 Å². The molecule has 1 aromatic heterocycles. The number of phenols is 1. The zero-order valence-electron chi connectivity index (χ0n) is 24.0. The van der Waals surface area contributed by atoms with E-state index >= 15 is 0 Å². The van der Waals surface area contributed by atoms with Gasteiger partial charge < -0.3 is 36.0 Å². The molecule has 234 valence electrons. The number of benzene rings is 1. The summed E-state index contributed by atoms with van der Waals surface area (Å²) in [5.74, 6) is -7.42. The third-order valence-corrected chi connectivity index (χ3v) is 11.2. The van der Waals surface area contributed by atoms with Crippen molar-refractivity contribution in [3.8, 4) is 17.1 Å². The van der Waals surface area contributed by atoms with Crippen molar-refractivity contribution in [2.75, 3.05) is 11.5 Å². The Kier molecular flexibility index (Phi) is 7.02. The number of aliphatic hydroxyl groups is 3. The SMILES string of the molecule is CC(C)c1cc(-c2ccc(O)c3c2C[C@H]2C[C@H]4[C@@H](NC5CCS(=O)(=O)CC5)C(=O)C(C(N)=O)=C(O)[C@@]4(O)C(=O)C2=C3O)on1. The van der Waals surface area contributed by atoms with Crippen LogP contribution in [0, 0.1) is 11.8 Å². The average molecular weight is 628 g/mol. The second-order valence-electron chi connectivity index (χ2n) is 12.4. The number of carbonyl (C=O) groups is 3. The molecule has 2 aromatic rings. The van der Waals surface area contributed by atoms with Gasteiger partial charge in [-0.25, -0.2) is 8.42 Å². The maximum absolute atomic E-state index is 14.1. The van der Waals surface area contributed by atoms with Crippen LogP contribution in [0.5, 0.6) is 5.75 Å². The monoisotopic (exact) mass is 627 g/mol. The Morgan fingerprint density at radius 3 is 2.45 bits per heavy atom. The molecule has 4 aliphatic rings. The van der Waals surface area contributed by atoms with E-state index in [-0.39, 0.29) is 60.0 Å². The van der Waals surface area contributed by atoms with Crippen LogP contribution in [-0.4, -0.2) is 80.7 Å². The van der Waals surface area contributed by atoms with E-state index < -0.39 is 73.9 Å². The Hall–Kier alpha value is -4.01. The molecule has 1 aliphatic heterocycles. The van der Waals surface area contributed by atoms with Gasteiger partial charge in [-0.1, -0.05) is 19.0 Å². The summed E-state index contributed by atoms with van der Waals surface area (Å²) in [7, 11) is -3.25. The molecule has 0 bridgehead atoms. The van der Waals surface area contributed by atoms with Gasteiger partial charge in [-0.2, -0.15) is 0 Å². The van der Waals surface area contributed by atoms with Crippen LogP contribution in [0.4, 0.5) is 0 Å². The van der Waals surface area contributed by atoms with Crippen LogP contribution in [0.3, 0.4) is 0 Å². The molecule has 3 aliphatic carbocycles. The summed E-state index contributed by atoms with van der Waals surface area (Å²) in [6.45, 7) is 3.89. The van der Waals surface area contributed by atoms with Gasteiger partial charge >= 0.3 is 0 Å². The summed E-state index contributed by atoms with van der Waals surface area (Å²) in [5.41, 5.74) is 3.03. The summed E-state index contributed by atoms with van der Waals surface area (Å²) < 4.78 is 29.6. The Morgan fingerprint density at radius 2 is 1.84 bits per heavy atom. The van der Waals surface area contributed by atoms with E-state index in [4.69, 9.17) is 10.3 Å². The van der Waals surface area contributed by atoms with Gasteiger partial charge in [-0.3, -0.25) is 14.4 Å². The van der Waals surface area contributed by atoms with Gasteiger partial charge in [0.2, 0.25) is 5.78 Å². The molecule has 1 aromatic carbocycles. The average Bonchev–Trinajstić information content (AvgIpc) is 3.44. The minimum Gasteiger partial charge on any atom is -0.508 e. The number of hydrogen-bond donors (Lipinski definition) is 6. The first-order valence-corrected chi connectivity index (χ1v) is 16.2. The van der Waals surface area contributed by atoms with Crippen molar-refractivity contribution in [2.24, 2.45) is 17.6 Å². The number of phenolic OH excluding ortho intramolecular Hbond substituents is 1. The highest BCUT2D eigenvalue weighted by Crippen LogP contribution is 2.53. The van der Waals surface area contributed by atoms with Crippen molar-refractivity contribution in [2.45, 2.75) is 63.1 Å². The quantitative estimate of drug-likeness (QED) is 0.258. The summed E-state index contributed by atoms with van der Waals surface area (Å²) in [5, 5.41) is 52.5. The number of rotatable bonds is 5. The van der Waals surface area contributed by atoms with E-state index in [9.17, 15) is 43.2 Å². The van der Waals surface area contributed by atoms with Crippen molar-refractivity contribution < 1.29 is 47.8 Å². The minimum atomic E-state index is -3.25. The molecule has 0 spiro atoms. The molecule has 6 rings (SSSR count). The number of Topliss-reactive ketones (excluding diaryl/α,β-unsaturated/α-hetero) is 2. The number of nitrogens with one attached hydrogen (secondary N) is 1. The second kappa shape index (κ2) is 10.3.